The number of hydrogen-bond acceptors (Lipinski definition) is 2. The Balaban J connectivity index is 1.35. The number of benzene rings is 3. The molecule has 0 spiro atoms. The number of nitrogens with one attached hydrogen (secondary N) is 2. The van der Waals surface area contributed by atoms with Crippen molar-refractivity contribution in [2.24, 2.45) is 0 Å². The van der Waals surface area contributed by atoms with Crippen molar-refractivity contribution in [1.29, 1.82) is 0 Å². The highest BCUT2D eigenvalue weighted by Crippen LogP contribution is 2.24. The van der Waals surface area contributed by atoms with Crippen molar-refractivity contribution in [3.05, 3.63) is 82.4 Å². The average Bonchev–Trinajstić information content (AvgIpc) is 3.13. The molecule has 1 amide bonds. The normalized spacial score (nSPS) is 11.0. The summed E-state index contributed by atoms with van der Waals surface area (Å²) in [5.74, 6) is 0.849. The van der Waals surface area contributed by atoms with Gasteiger partial charge in [0.05, 0.1) is 11.0 Å². The number of nitrogens with zero attached hydrogens (tertiary/aromatic N) is 1. The van der Waals surface area contributed by atoms with Crippen molar-refractivity contribution >= 4 is 34.2 Å². The maximum absolute atomic E-state index is 12.2. The van der Waals surface area contributed by atoms with Crippen LogP contribution in [0.3, 0.4) is 0 Å². The van der Waals surface area contributed by atoms with Crippen LogP contribution in [0.1, 0.15) is 29.5 Å². The molecule has 0 radical (unpaired) electrons. The Kier molecular flexibility index (Phi) is 5.86. The van der Waals surface area contributed by atoms with E-state index < -0.39 is 0 Å². The van der Waals surface area contributed by atoms with E-state index in [9.17, 15) is 4.79 Å². The fourth-order valence-electron chi connectivity index (χ4n) is 3.45. The molecule has 2 N–H and O–H groups in total. The van der Waals surface area contributed by atoms with Crippen LogP contribution >= 0.6 is 11.6 Å². The van der Waals surface area contributed by atoms with E-state index >= 15 is 0 Å². The Hall–Kier alpha value is -3.11. The number of carbonyl (C=O) groups excluding carboxylic acids is 1. The first-order chi connectivity index (χ1) is 14.5. The number of halogens is 1. The number of rotatable bonds is 6. The molecule has 1 heterocycles. The molecule has 4 nitrogen and oxygen atoms in total. The van der Waals surface area contributed by atoms with E-state index in [0.29, 0.717) is 6.42 Å². The van der Waals surface area contributed by atoms with E-state index in [-0.39, 0.29) is 5.91 Å². The largest absolute Gasteiger partial charge is 0.338 e. The van der Waals surface area contributed by atoms with Gasteiger partial charge in [0.2, 0.25) is 5.91 Å². The number of imidazole rings is 1. The molecule has 5 heteroatoms. The third-order valence-corrected chi connectivity index (χ3v) is 5.57. The number of aryl methyl sites for hydroxylation is 3. The number of aromatic amines is 1. The molecule has 0 saturated heterocycles. The molecule has 30 heavy (non-hydrogen) atoms. The van der Waals surface area contributed by atoms with Gasteiger partial charge in [-0.05, 0) is 91.9 Å². The Labute approximate surface area is 181 Å². The summed E-state index contributed by atoms with van der Waals surface area (Å²) in [5.41, 5.74) is 7.44. The third-order valence-electron chi connectivity index (χ3n) is 5.32. The lowest BCUT2D eigenvalue weighted by molar-refractivity contribution is -0.116. The van der Waals surface area contributed by atoms with Gasteiger partial charge in [-0.15, -0.1) is 0 Å². The molecule has 3 aromatic carbocycles. The van der Waals surface area contributed by atoms with Crippen molar-refractivity contribution in [3.63, 3.8) is 0 Å². The second-order valence-corrected chi connectivity index (χ2v) is 8.08. The number of aromatic nitrogens is 2. The Morgan fingerprint density at radius 3 is 2.43 bits per heavy atom. The van der Waals surface area contributed by atoms with E-state index in [1.807, 2.05) is 48.5 Å². The van der Waals surface area contributed by atoms with Gasteiger partial charge in [0.25, 0.3) is 0 Å². The molecular weight excluding hydrogens is 394 g/mol. The molecule has 152 valence electrons. The van der Waals surface area contributed by atoms with Crippen LogP contribution in [0, 0.1) is 13.8 Å². The first-order valence-electron chi connectivity index (χ1n) is 10.1. The van der Waals surface area contributed by atoms with Gasteiger partial charge in [-0.25, -0.2) is 4.98 Å². The van der Waals surface area contributed by atoms with Gasteiger partial charge < -0.3 is 10.3 Å². The van der Waals surface area contributed by atoms with Crippen LogP contribution in [0.2, 0.25) is 5.02 Å². The van der Waals surface area contributed by atoms with Crippen LogP contribution in [0.25, 0.3) is 22.4 Å². The summed E-state index contributed by atoms with van der Waals surface area (Å²) in [6, 6.07) is 19.8. The second kappa shape index (κ2) is 8.72. The zero-order valence-electron chi connectivity index (χ0n) is 17.1. The first-order valence-corrected chi connectivity index (χ1v) is 10.5. The molecule has 4 aromatic rings. The molecule has 0 saturated carbocycles. The highest BCUT2D eigenvalue weighted by atomic mass is 35.5. The molecule has 4 rings (SSSR count). The van der Waals surface area contributed by atoms with E-state index in [1.54, 1.807) is 0 Å². The van der Waals surface area contributed by atoms with Gasteiger partial charge >= 0.3 is 0 Å². The first kappa shape index (κ1) is 20.2. The Morgan fingerprint density at radius 2 is 1.70 bits per heavy atom. The SMILES string of the molecule is Cc1cc2nc(-c3ccc(NC(=O)CCCc4ccc(Cl)cc4)cc3)[nH]c2cc1C. The zero-order valence-corrected chi connectivity index (χ0v) is 17.9. The van der Waals surface area contributed by atoms with Gasteiger partial charge in [0, 0.05) is 22.7 Å². The van der Waals surface area contributed by atoms with Crippen molar-refractivity contribution < 1.29 is 4.79 Å². The highest BCUT2D eigenvalue weighted by molar-refractivity contribution is 6.30. The highest BCUT2D eigenvalue weighted by Gasteiger charge is 2.08. The quantitative estimate of drug-likeness (QED) is 0.378. The van der Waals surface area contributed by atoms with E-state index in [4.69, 9.17) is 16.6 Å². The number of hydrogen-bond donors (Lipinski definition) is 2. The van der Waals surface area contributed by atoms with Crippen molar-refractivity contribution in [2.45, 2.75) is 33.1 Å². The minimum absolute atomic E-state index is 0.0198. The molecule has 0 aliphatic rings. The lowest BCUT2D eigenvalue weighted by Crippen LogP contribution is -2.11. The van der Waals surface area contributed by atoms with Crippen LogP contribution in [-0.2, 0) is 11.2 Å². The molecule has 0 fully saturated rings. The summed E-state index contributed by atoms with van der Waals surface area (Å²) >= 11 is 5.90. The van der Waals surface area contributed by atoms with E-state index in [2.05, 4.69) is 36.3 Å². The zero-order chi connectivity index (χ0) is 21.1. The number of anilines is 1. The third kappa shape index (κ3) is 4.71. The predicted molar refractivity (Wildman–Crippen MR) is 124 cm³/mol. The van der Waals surface area contributed by atoms with Crippen LogP contribution < -0.4 is 5.32 Å². The fourth-order valence-corrected chi connectivity index (χ4v) is 3.57. The Morgan fingerprint density at radius 1 is 1.00 bits per heavy atom. The maximum Gasteiger partial charge on any atom is 0.224 e. The molecule has 0 atom stereocenters. The van der Waals surface area contributed by atoms with Crippen LogP contribution in [0.4, 0.5) is 5.69 Å². The summed E-state index contributed by atoms with van der Waals surface area (Å²) in [7, 11) is 0. The number of H-pyrrole nitrogens is 1. The molecule has 0 aliphatic heterocycles. The van der Waals surface area contributed by atoms with Crippen LogP contribution in [0.5, 0.6) is 0 Å². The topological polar surface area (TPSA) is 57.8 Å². The average molecular weight is 418 g/mol. The van der Waals surface area contributed by atoms with Crippen molar-refractivity contribution in [1.82, 2.24) is 9.97 Å². The summed E-state index contributed by atoms with van der Waals surface area (Å²) < 4.78 is 0. The lowest BCUT2D eigenvalue weighted by atomic mass is 10.1. The van der Waals surface area contributed by atoms with Gasteiger partial charge in [0.1, 0.15) is 5.82 Å². The summed E-state index contributed by atoms with van der Waals surface area (Å²) in [4.78, 5) is 20.3. The van der Waals surface area contributed by atoms with Crippen LogP contribution in [-0.4, -0.2) is 15.9 Å². The minimum Gasteiger partial charge on any atom is -0.338 e. The summed E-state index contributed by atoms with van der Waals surface area (Å²) in [5, 5.41) is 3.70. The smallest absolute Gasteiger partial charge is 0.224 e. The van der Waals surface area contributed by atoms with Crippen molar-refractivity contribution in [2.75, 3.05) is 5.32 Å². The van der Waals surface area contributed by atoms with Crippen LogP contribution in [0.15, 0.2) is 60.7 Å². The molecule has 0 unspecified atom stereocenters. The van der Waals surface area contributed by atoms with E-state index in [0.717, 1.165) is 46.0 Å². The molecule has 0 bridgehead atoms. The monoisotopic (exact) mass is 417 g/mol. The van der Waals surface area contributed by atoms with Gasteiger partial charge in [-0.2, -0.15) is 0 Å². The summed E-state index contributed by atoms with van der Waals surface area (Å²) in [6.45, 7) is 4.19. The van der Waals surface area contributed by atoms with E-state index in [1.165, 1.54) is 16.7 Å². The molecular formula is C25H24ClN3O. The number of amides is 1. The van der Waals surface area contributed by atoms with Crippen molar-refractivity contribution in [3.8, 4) is 11.4 Å². The molecule has 1 aromatic heterocycles. The number of carbonyl (C=O) groups is 1. The van der Waals surface area contributed by atoms with Gasteiger partial charge in [-0.1, -0.05) is 23.7 Å². The second-order valence-electron chi connectivity index (χ2n) is 7.64. The number of fused-ring (bicyclic) bond motifs is 1. The maximum atomic E-state index is 12.2. The Bertz CT molecular complexity index is 1140. The standard InChI is InChI=1S/C25H24ClN3O/c1-16-14-22-23(15-17(16)2)29-25(28-22)19-8-12-21(13-9-19)27-24(30)5-3-4-18-6-10-20(26)11-7-18/h6-15H,3-5H2,1-2H3,(H,27,30)(H,28,29). The minimum atomic E-state index is 0.0198. The van der Waals surface area contributed by atoms with Gasteiger partial charge in [-0.3, -0.25) is 4.79 Å². The fraction of sp³-hybridized carbons (Fsp3) is 0.200. The van der Waals surface area contributed by atoms with Gasteiger partial charge in [0.15, 0.2) is 0 Å². The summed E-state index contributed by atoms with van der Waals surface area (Å²) in [6.07, 6.45) is 2.13. The lowest BCUT2D eigenvalue weighted by Gasteiger charge is -2.06. The molecule has 0 aliphatic carbocycles. The predicted octanol–water partition coefficient (Wildman–Crippen LogP) is 6.46.